The molecule has 1 rings (SSSR count). The molecule has 0 aromatic heterocycles. The van der Waals surface area contributed by atoms with Gasteiger partial charge in [-0.25, -0.2) is 0 Å². The molecule has 0 aliphatic heterocycles. The lowest BCUT2D eigenvalue weighted by molar-refractivity contribution is -0.148. The number of allylic oxidation sites excluding steroid dienone is 2. The predicted octanol–water partition coefficient (Wildman–Crippen LogP) is 6.71. The number of ether oxygens (including phenoxy) is 2. The van der Waals surface area contributed by atoms with Crippen LogP contribution in [0.3, 0.4) is 0 Å². The van der Waals surface area contributed by atoms with E-state index in [0.29, 0.717) is 6.61 Å². The molecule has 0 aliphatic carbocycles. The van der Waals surface area contributed by atoms with Crippen molar-refractivity contribution in [3.05, 3.63) is 54.6 Å². The Morgan fingerprint density at radius 2 is 1.70 bits per heavy atom. The van der Waals surface area contributed by atoms with Gasteiger partial charge in [-0.3, -0.25) is 4.79 Å². The first kappa shape index (κ1) is 29.1. The van der Waals surface area contributed by atoms with Gasteiger partial charge in [0.05, 0.1) is 31.8 Å². The Bertz CT molecular complexity index is 779. The van der Waals surface area contributed by atoms with E-state index in [1.807, 2.05) is 37.3 Å². The van der Waals surface area contributed by atoms with E-state index in [1.165, 1.54) is 0 Å². The van der Waals surface area contributed by atoms with Gasteiger partial charge in [-0.1, -0.05) is 71.6 Å². The molecule has 186 valence electrons. The summed E-state index contributed by atoms with van der Waals surface area (Å²) >= 11 is 0. The molecule has 0 heterocycles. The standard InChI is InChI=1S/C27H44O5Si/c1-11-12-13-19(2)24(31-18-22-14-16-23(30-8)17-15-22)20(3)25(21(4)26(28)29)32-33(9,10)27(5,6)7/h11-17,19-21,24-25H,1,18H2,2-10H3,(H,28,29)/t19?,20-,21-,24+,25+/m1/s1. The first-order valence-electron chi connectivity index (χ1n) is 11.7. The smallest absolute Gasteiger partial charge is 0.308 e. The third-order valence-corrected chi connectivity index (χ3v) is 11.3. The van der Waals surface area contributed by atoms with Gasteiger partial charge < -0.3 is 19.0 Å². The van der Waals surface area contributed by atoms with E-state index >= 15 is 0 Å². The summed E-state index contributed by atoms with van der Waals surface area (Å²) in [7, 11) is -0.568. The SMILES string of the molecule is C=CC=CC(C)[C@H](OCc1ccc(OC)cc1)[C@@H](C)[C@H](O[Si](C)(C)C(C)(C)C)[C@@H](C)C(=O)O. The maximum absolute atomic E-state index is 12.0. The fourth-order valence-electron chi connectivity index (χ4n) is 3.57. The maximum Gasteiger partial charge on any atom is 0.308 e. The number of methoxy groups -OCH3 is 1. The number of carbonyl (C=O) groups is 1. The molecule has 5 nitrogen and oxygen atoms in total. The highest BCUT2D eigenvalue weighted by Crippen LogP contribution is 2.40. The molecule has 1 unspecified atom stereocenters. The zero-order chi connectivity index (χ0) is 25.4. The van der Waals surface area contributed by atoms with E-state index in [-0.39, 0.29) is 23.0 Å². The molecule has 0 saturated carbocycles. The van der Waals surface area contributed by atoms with Gasteiger partial charge in [0, 0.05) is 11.8 Å². The number of benzene rings is 1. The first-order valence-corrected chi connectivity index (χ1v) is 14.6. The van der Waals surface area contributed by atoms with E-state index in [1.54, 1.807) is 20.1 Å². The second-order valence-electron chi connectivity index (χ2n) is 10.4. The van der Waals surface area contributed by atoms with Gasteiger partial charge in [-0.2, -0.15) is 0 Å². The molecule has 1 aromatic rings. The van der Waals surface area contributed by atoms with Gasteiger partial charge in [0.25, 0.3) is 0 Å². The molecule has 0 saturated heterocycles. The quantitative estimate of drug-likeness (QED) is 0.253. The molecule has 0 spiro atoms. The number of hydrogen-bond acceptors (Lipinski definition) is 4. The molecule has 0 bridgehead atoms. The zero-order valence-electron chi connectivity index (χ0n) is 21.9. The Kier molecular flexibility index (Phi) is 11.1. The summed E-state index contributed by atoms with van der Waals surface area (Å²) < 4.78 is 18.4. The van der Waals surface area contributed by atoms with Gasteiger partial charge >= 0.3 is 5.97 Å². The topological polar surface area (TPSA) is 65.0 Å². The molecule has 1 N–H and O–H groups in total. The van der Waals surface area contributed by atoms with Crippen LogP contribution in [-0.4, -0.2) is 38.7 Å². The number of carboxylic acid groups (broad SMARTS) is 1. The van der Waals surface area contributed by atoms with Crippen LogP contribution in [0.2, 0.25) is 18.1 Å². The van der Waals surface area contributed by atoms with Gasteiger partial charge in [0.1, 0.15) is 5.75 Å². The summed E-state index contributed by atoms with van der Waals surface area (Å²) in [5, 5.41) is 9.84. The molecule has 1 aromatic carbocycles. The average molecular weight is 477 g/mol. The summed E-state index contributed by atoms with van der Waals surface area (Å²) in [5.41, 5.74) is 1.03. The second kappa shape index (κ2) is 12.5. The lowest BCUT2D eigenvalue weighted by Gasteiger charge is -2.44. The monoisotopic (exact) mass is 476 g/mol. The van der Waals surface area contributed by atoms with Gasteiger partial charge in [-0.05, 0) is 42.8 Å². The summed E-state index contributed by atoms with van der Waals surface area (Å²) in [6.07, 6.45) is 5.00. The van der Waals surface area contributed by atoms with Gasteiger partial charge in [-0.15, -0.1) is 0 Å². The van der Waals surface area contributed by atoms with E-state index in [9.17, 15) is 9.90 Å². The molecule has 33 heavy (non-hydrogen) atoms. The van der Waals surface area contributed by atoms with Crippen molar-refractivity contribution in [2.45, 2.75) is 78.5 Å². The van der Waals surface area contributed by atoms with Crippen LogP contribution < -0.4 is 4.74 Å². The van der Waals surface area contributed by atoms with Crippen LogP contribution >= 0.6 is 0 Å². The molecular weight excluding hydrogens is 432 g/mol. The summed E-state index contributed by atoms with van der Waals surface area (Å²) in [6.45, 7) is 20.9. The lowest BCUT2D eigenvalue weighted by Crippen LogP contribution is -2.51. The van der Waals surface area contributed by atoms with Crippen molar-refractivity contribution in [3.8, 4) is 5.75 Å². The first-order chi connectivity index (χ1) is 15.2. The summed E-state index contributed by atoms with van der Waals surface area (Å²) in [5.74, 6) is -0.815. The van der Waals surface area contributed by atoms with Crippen molar-refractivity contribution in [2.75, 3.05) is 7.11 Å². The number of rotatable bonds is 13. The van der Waals surface area contributed by atoms with Gasteiger partial charge in [0.15, 0.2) is 8.32 Å². The van der Waals surface area contributed by atoms with Crippen molar-refractivity contribution >= 4 is 14.3 Å². The van der Waals surface area contributed by atoms with E-state index in [0.717, 1.165) is 11.3 Å². The third-order valence-electron chi connectivity index (χ3n) is 6.83. The van der Waals surface area contributed by atoms with E-state index < -0.39 is 26.3 Å². The lowest BCUT2D eigenvalue weighted by atomic mass is 9.84. The van der Waals surface area contributed by atoms with E-state index in [4.69, 9.17) is 13.9 Å². The highest BCUT2D eigenvalue weighted by Gasteiger charge is 2.44. The Hall–Kier alpha value is -1.89. The van der Waals surface area contributed by atoms with Crippen LogP contribution in [0.25, 0.3) is 0 Å². The Morgan fingerprint density at radius 3 is 2.15 bits per heavy atom. The number of hydrogen-bond donors (Lipinski definition) is 1. The van der Waals surface area contributed by atoms with Crippen LogP contribution in [0.4, 0.5) is 0 Å². The van der Waals surface area contributed by atoms with Crippen LogP contribution in [0, 0.1) is 17.8 Å². The minimum absolute atomic E-state index is 0.0308. The number of carboxylic acids is 1. The minimum atomic E-state index is -2.21. The van der Waals surface area contributed by atoms with Crippen LogP contribution in [0.5, 0.6) is 5.75 Å². The van der Waals surface area contributed by atoms with Crippen molar-refractivity contribution in [3.63, 3.8) is 0 Å². The minimum Gasteiger partial charge on any atom is -0.497 e. The molecule has 0 aliphatic rings. The molecule has 6 heteroatoms. The maximum atomic E-state index is 12.0. The largest absolute Gasteiger partial charge is 0.497 e. The van der Waals surface area contributed by atoms with Crippen LogP contribution in [-0.2, 0) is 20.6 Å². The fraction of sp³-hybridized carbons (Fsp3) is 0.593. The normalized spacial score (nSPS) is 17.2. The average Bonchev–Trinajstić information content (AvgIpc) is 2.75. The number of aliphatic carboxylic acids is 1. The third kappa shape index (κ3) is 8.43. The second-order valence-corrected chi connectivity index (χ2v) is 15.2. The molecule has 0 amide bonds. The Morgan fingerprint density at radius 1 is 1.12 bits per heavy atom. The Labute approximate surface area is 202 Å². The Balaban J connectivity index is 3.26. The highest BCUT2D eigenvalue weighted by molar-refractivity contribution is 6.74. The fourth-order valence-corrected chi connectivity index (χ4v) is 5.02. The van der Waals surface area contributed by atoms with Crippen molar-refractivity contribution < 1.29 is 23.8 Å². The van der Waals surface area contributed by atoms with Gasteiger partial charge in [0.2, 0.25) is 0 Å². The van der Waals surface area contributed by atoms with Crippen molar-refractivity contribution in [1.29, 1.82) is 0 Å². The van der Waals surface area contributed by atoms with Crippen molar-refractivity contribution in [1.82, 2.24) is 0 Å². The predicted molar refractivity (Wildman–Crippen MR) is 138 cm³/mol. The highest BCUT2D eigenvalue weighted by atomic mass is 28.4. The summed E-state index contributed by atoms with van der Waals surface area (Å²) in [4.78, 5) is 12.0. The summed E-state index contributed by atoms with van der Waals surface area (Å²) in [6, 6.07) is 7.78. The molecular formula is C27H44O5Si. The van der Waals surface area contributed by atoms with Crippen LogP contribution in [0.1, 0.15) is 47.1 Å². The van der Waals surface area contributed by atoms with E-state index in [2.05, 4.69) is 53.4 Å². The zero-order valence-corrected chi connectivity index (χ0v) is 22.9. The molecule has 0 fully saturated rings. The van der Waals surface area contributed by atoms with Crippen LogP contribution in [0.15, 0.2) is 49.1 Å². The van der Waals surface area contributed by atoms with Crippen molar-refractivity contribution in [2.24, 2.45) is 17.8 Å². The molecule has 5 atom stereocenters. The molecule has 0 radical (unpaired) electrons.